The number of carbonyl (C=O) groups excluding carboxylic acids is 2. The number of benzene rings is 3. The van der Waals surface area contributed by atoms with Crippen LogP contribution in [0.5, 0.6) is 0 Å². The van der Waals surface area contributed by atoms with Crippen molar-refractivity contribution in [2.24, 2.45) is 0 Å². The van der Waals surface area contributed by atoms with E-state index >= 15 is 0 Å². The molecule has 2 aromatic heterocycles. The van der Waals surface area contributed by atoms with Crippen molar-refractivity contribution < 1.29 is 9.59 Å². The molecule has 2 N–H and O–H groups in total. The van der Waals surface area contributed by atoms with Crippen molar-refractivity contribution in [1.29, 1.82) is 0 Å². The molecule has 35 heavy (non-hydrogen) atoms. The lowest BCUT2D eigenvalue weighted by molar-refractivity contribution is 0.0763. The predicted molar refractivity (Wildman–Crippen MR) is 134 cm³/mol. The van der Waals surface area contributed by atoms with E-state index in [-0.39, 0.29) is 11.8 Å². The first-order valence-electron chi connectivity index (χ1n) is 11.3. The first-order chi connectivity index (χ1) is 17.2. The van der Waals surface area contributed by atoms with Crippen LogP contribution >= 0.6 is 0 Å². The van der Waals surface area contributed by atoms with Gasteiger partial charge in [-0.05, 0) is 59.7 Å². The summed E-state index contributed by atoms with van der Waals surface area (Å²) in [5.74, 6) is 0.314. The Bertz CT molecular complexity index is 1520. The molecule has 0 saturated heterocycles. The van der Waals surface area contributed by atoms with Crippen molar-refractivity contribution in [3.8, 4) is 11.4 Å². The Labute approximate surface area is 201 Å². The first kappa shape index (κ1) is 20.8. The summed E-state index contributed by atoms with van der Waals surface area (Å²) in [7, 11) is 0. The van der Waals surface area contributed by atoms with Crippen LogP contribution in [0.25, 0.3) is 22.4 Å². The number of nitrogens with one attached hydrogen (secondary N) is 2. The molecule has 7 heteroatoms. The third kappa shape index (κ3) is 3.93. The summed E-state index contributed by atoms with van der Waals surface area (Å²) in [6.45, 7) is 0.919. The van der Waals surface area contributed by atoms with Crippen LogP contribution in [0, 0.1) is 0 Å². The highest BCUT2D eigenvalue weighted by molar-refractivity contribution is 6.13. The van der Waals surface area contributed by atoms with E-state index in [2.05, 4.69) is 20.3 Å². The molecule has 6 rings (SSSR count). The molecular weight excluding hydrogens is 438 g/mol. The van der Waals surface area contributed by atoms with Crippen molar-refractivity contribution in [1.82, 2.24) is 19.9 Å². The molecule has 3 heterocycles. The first-order valence-corrected chi connectivity index (χ1v) is 11.3. The number of hydrogen-bond donors (Lipinski definition) is 2. The van der Waals surface area contributed by atoms with Crippen molar-refractivity contribution in [2.75, 3.05) is 5.32 Å². The van der Waals surface area contributed by atoms with Gasteiger partial charge in [0.1, 0.15) is 5.82 Å². The SMILES string of the molecule is O=C(Nc1ccc(-c2nc3ccccc3[nH]2)cc1)c1cccc2c1C(=O)N(Cc1cccnc1)C2. The van der Waals surface area contributed by atoms with Crippen LogP contribution in [-0.2, 0) is 13.1 Å². The molecule has 170 valence electrons. The molecule has 0 aliphatic carbocycles. The number of nitrogens with zero attached hydrogens (tertiary/aromatic N) is 3. The molecule has 0 unspecified atom stereocenters. The van der Waals surface area contributed by atoms with Crippen LogP contribution in [0.15, 0.2) is 91.3 Å². The van der Waals surface area contributed by atoms with Gasteiger partial charge in [-0.25, -0.2) is 4.98 Å². The number of aromatic nitrogens is 3. The summed E-state index contributed by atoms with van der Waals surface area (Å²) < 4.78 is 0. The van der Waals surface area contributed by atoms with Crippen LogP contribution in [0.1, 0.15) is 31.8 Å². The molecule has 0 saturated carbocycles. The molecule has 1 aliphatic rings. The normalized spacial score (nSPS) is 12.7. The zero-order valence-corrected chi connectivity index (χ0v) is 18.7. The zero-order valence-electron chi connectivity index (χ0n) is 18.7. The van der Waals surface area contributed by atoms with Crippen LogP contribution in [-0.4, -0.2) is 31.7 Å². The maximum Gasteiger partial charge on any atom is 0.256 e. The number of aromatic amines is 1. The van der Waals surface area contributed by atoms with Gasteiger partial charge >= 0.3 is 0 Å². The Balaban J connectivity index is 1.20. The summed E-state index contributed by atoms with van der Waals surface area (Å²) in [6, 6.07) is 24.5. The zero-order chi connectivity index (χ0) is 23.8. The van der Waals surface area contributed by atoms with Gasteiger partial charge < -0.3 is 15.2 Å². The highest BCUT2D eigenvalue weighted by Crippen LogP contribution is 2.28. The van der Waals surface area contributed by atoms with E-state index in [9.17, 15) is 9.59 Å². The van der Waals surface area contributed by atoms with Crippen LogP contribution in [0.3, 0.4) is 0 Å². The van der Waals surface area contributed by atoms with E-state index in [1.165, 1.54) is 0 Å². The highest BCUT2D eigenvalue weighted by atomic mass is 16.2. The largest absolute Gasteiger partial charge is 0.338 e. The van der Waals surface area contributed by atoms with Gasteiger partial charge in [-0.3, -0.25) is 14.6 Å². The number of hydrogen-bond acceptors (Lipinski definition) is 4. The van der Waals surface area contributed by atoms with Gasteiger partial charge in [-0.15, -0.1) is 0 Å². The molecule has 0 atom stereocenters. The van der Waals surface area contributed by atoms with Crippen molar-refractivity contribution in [3.05, 3.63) is 114 Å². The highest BCUT2D eigenvalue weighted by Gasteiger charge is 2.31. The molecule has 0 bridgehead atoms. The second kappa shape index (κ2) is 8.53. The number of imidazole rings is 1. The maximum atomic E-state index is 13.2. The van der Waals surface area contributed by atoms with Crippen molar-refractivity contribution in [3.63, 3.8) is 0 Å². The number of amides is 2. The third-order valence-corrected chi connectivity index (χ3v) is 6.16. The van der Waals surface area contributed by atoms with Gasteiger partial charge in [0.05, 0.1) is 22.2 Å². The Hall–Kier alpha value is -4.78. The number of fused-ring (bicyclic) bond motifs is 2. The van der Waals surface area contributed by atoms with E-state index in [0.29, 0.717) is 29.9 Å². The molecule has 2 amide bonds. The Morgan fingerprint density at radius 3 is 2.63 bits per heavy atom. The molecule has 5 aromatic rings. The quantitative estimate of drug-likeness (QED) is 0.386. The van der Waals surface area contributed by atoms with E-state index in [1.807, 2.05) is 72.8 Å². The lowest BCUT2D eigenvalue weighted by Crippen LogP contribution is -2.25. The Kier molecular flexibility index (Phi) is 5.07. The predicted octanol–water partition coefficient (Wildman–Crippen LogP) is 5.03. The molecular formula is C28H21N5O2. The number of para-hydroxylation sites is 2. The lowest BCUT2D eigenvalue weighted by Gasteiger charge is -2.15. The standard InChI is InChI=1S/C28H21N5O2/c34-27(30-21-12-10-19(11-13-21)26-31-23-8-1-2-9-24(23)32-26)22-7-3-6-20-17-33(28(35)25(20)22)16-18-5-4-14-29-15-18/h1-15H,16-17H2,(H,30,34)(H,31,32). The summed E-state index contributed by atoms with van der Waals surface area (Å²) in [5.41, 5.74) is 6.08. The number of pyridine rings is 1. The topological polar surface area (TPSA) is 91.0 Å². The number of anilines is 1. The Morgan fingerprint density at radius 1 is 0.971 bits per heavy atom. The van der Waals surface area contributed by atoms with E-state index in [4.69, 9.17) is 0 Å². The molecule has 0 radical (unpaired) electrons. The van der Waals surface area contributed by atoms with Gasteiger partial charge in [0.25, 0.3) is 11.8 Å². The minimum absolute atomic E-state index is 0.144. The monoisotopic (exact) mass is 459 g/mol. The van der Waals surface area contributed by atoms with E-state index in [1.54, 1.807) is 23.4 Å². The number of H-pyrrole nitrogens is 1. The fourth-order valence-electron chi connectivity index (χ4n) is 4.45. The minimum atomic E-state index is -0.310. The van der Waals surface area contributed by atoms with Crippen molar-refractivity contribution >= 4 is 28.5 Å². The van der Waals surface area contributed by atoms with Crippen LogP contribution < -0.4 is 5.32 Å². The van der Waals surface area contributed by atoms with Gasteiger partial charge in [0, 0.05) is 36.7 Å². The molecule has 1 aliphatic heterocycles. The van der Waals surface area contributed by atoms with E-state index in [0.717, 1.165) is 33.5 Å². The smallest absolute Gasteiger partial charge is 0.256 e. The third-order valence-electron chi connectivity index (χ3n) is 6.16. The van der Waals surface area contributed by atoms with Crippen molar-refractivity contribution in [2.45, 2.75) is 13.1 Å². The molecule has 0 spiro atoms. The van der Waals surface area contributed by atoms with Gasteiger partial charge in [0.15, 0.2) is 0 Å². The second-order valence-corrected chi connectivity index (χ2v) is 8.50. The summed E-state index contributed by atoms with van der Waals surface area (Å²) in [6.07, 6.45) is 3.45. The van der Waals surface area contributed by atoms with Crippen LogP contribution in [0.2, 0.25) is 0 Å². The summed E-state index contributed by atoms with van der Waals surface area (Å²) >= 11 is 0. The average Bonchev–Trinajstić information content (AvgIpc) is 3.46. The minimum Gasteiger partial charge on any atom is -0.338 e. The average molecular weight is 460 g/mol. The summed E-state index contributed by atoms with van der Waals surface area (Å²) in [4.78, 5) is 40.1. The fourth-order valence-corrected chi connectivity index (χ4v) is 4.45. The molecule has 0 fully saturated rings. The maximum absolute atomic E-state index is 13.2. The fraction of sp³-hybridized carbons (Fsp3) is 0.0714. The van der Waals surface area contributed by atoms with Gasteiger partial charge in [-0.2, -0.15) is 0 Å². The number of rotatable bonds is 5. The summed E-state index contributed by atoms with van der Waals surface area (Å²) in [5, 5.41) is 2.93. The Morgan fingerprint density at radius 2 is 1.83 bits per heavy atom. The second-order valence-electron chi connectivity index (χ2n) is 8.50. The molecule has 7 nitrogen and oxygen atoms in total. The van der Waals surface area contributed by atoms with Gasteiger partial charge in [-0.1, -0.05) is 30.3 Å². The number of carbonyl (C=O) groups is 2. The molecule has 3 aromatic carbocycles. The van der Waals surface area contributed by atoms with Gasteiger partial charge in [0.2, 0.25) is 0 Å². The van der Waals surface area contributed by atoms with Crippen LogP contribution in [0.4, 0.5) is 5.69 Å². The lowest BCUT2D eigenvalue weighted by atomic mass is 10.0. The van der Waals surface area contributed by atoms with E-state index < -0.39 is 0 Å².